The summed E-state index contributed by atoms with van der Waals surface area (Å²) in [5, 5.41) is 0. The summed E-state index contributed by atoms with van der Waals surface area (Å²) in [7, 11) is 0. The largest absolute Gasteiger partial charge is 0.384 e. The smallest absolute Gasteiger partial charge is 0.165 e. The van der Waals surface area contributed by atoms with Crippen LogP contribution >= 0.6 is 0 Å². The first kappa shape index (κ1) is 20.4. The van der Waals surface area contributed by atoms with Crippen LogP contribution in [0.3, 0.4) is 0 Å². The van der Waals surface area contributed by atoms with Crippen LogP contribution in [-0.4, -0.2) is 44.8 Å². The Hall–Kier alpha value is -3.52. The Bertz CT molecular complexity index is 1290. The number of nitrogen functional groups attached to an aromatic ring is 1. The fraction of sp³-hybridized carbons (Fsp3) is 0.292. The van der Waals surface area contributed by atoms with Gasteiger partial charge in [0.05, 0.1) is 29.3 Å². The van der Waals surface area contributed by atoms with Crippen molar-refractivity contribution in [1.29, 1.82) is 0 Å². The van der Waals surface area contributed by atoms with E-state index in [-0.39, 0.29) is 18.0 Å². The molecule has 0 bridgehead atoms. The standard InChI is InChI=1S/C24H25FN6O/c1-14-12-30(13-15(2)32-14)22-7-4-18(11-19(22)25)31-16(3)28-21-6-5-20(29-24(21)31)17-8-9-27-23(26)10-17/h4-11,14-15H,12-13H2,1-3H3,(H2,26,27)/t14-,15-/m0/s1. The number of ether oxygens (including phenoxy) is 1. The first-order valence-corrected chi connectivity index (χ1v) is 10.7. The van der Waals surface area contributed by atoms with Crippen LogP contribution in [-0.2, 0) is 4.74 Å². The molecule has 0 radical (unpaired) electrons. The zero-order chi connectivity index (χ0) is 22.4. The quantitative estimate of drug-likeness (QED) is 0.524. The molecule has 1 saturated heterocycles. The van der Waals surface area contributed by atoms with Gasteiger partial charge in [-0.25, -0.2) is 19.3 Å². The van der Waals surface area contributed by atoms with Crippen molar-refractivity contribution in [3.63, 3.8) is 0 Å². The van der Waals surface area contributed by atoms with Gasteiger partial charge in [0.2, 0.25) is 0 Å². The number of hydrogen-bond donors (Lipinski definition) is 1. The lowest BCUT2D eigenvalue weighted by molar-refractivity contribution is -0.00539. The van der Waals surface area contributed by atoms with Gasteiger partial charge in [0.1, 0.15) is 23.0 Å². The van der Waals surface area contributed by atoms with Crippen molar-refractivity contribution in [1.82, 2.24) is 19.5 Å². The molecule has 0 unspecified atom stereocenters. The number of rotatable bonds is 3. The summed E-state index contributed by atoms with van der Waals surface area (Å²) in [5.41, 5.74) is 10.1. The van der Waals surface area contributed by atoms with Crippen LogP contribution in [0.2, 0.25) is 0 Å². The summed E-state index contributed by atoms with van der Waals surface area (Å²) in [6.07, 6.45) is 1.77. The number of fused-ring (bicyclic) bond motifs is 1. The van der Waals surface area contributed by atoms with Gasteiger partial charge in [0.15, 0.2) is 5.65 Å². The minimum Gasteiger partial charge on any atom is -0.384 e. The molecule has 0 spiro atoms. The van der Waals surface area contributed by atoms with Gasteiger partial charge in [-0.2, -0.15) is 0 Å². The molecule has 1 aromatic carbocycles. The Kier molecular flexibility index (Phi) is 5.01. The van der Waals surface area contributed by atoms with Crippen LogP contribution < -0.4 is 10.6 Å². The Balaban J connectivity index is 1.56. The summed E-state index contributed by atoms with van der Waals surface area (Å²) in [4.78, 5) is 15.5. The van der Waals surface area contributed by atoms with Crippen molar-refractivity contribution in [2.24, 2.45) is 0 Å². The Morgan fingerprint density at radius 1 is 1.03 bits per heavy atom. The van der Waals surface area contributed by atoms with E-state index in [9.17, 15) is 0 Å². The second-order valence-corrected chi connectivity index (χ2v) is 8.30. The highest BCUT2D eigenvalue weighted by molar-refractivity contribution is 5.78. The Morgan fingerprint density at radius 2 is 1.81 bits per heavy atom. The van der Waals surface area contributed by atoms with Crippen molar-refractivity contribution in [2.75, 3.05) is 23.7 Å². The summed E-state index contributed by atoms with van der Waals surface area (Å²) in [5.74, 6) is 0.890. The predicted octanol–water partition coefficient (Wildman–Crippen LogP) is 4.13. The molecule has 0 aliphatic carbocycles. The molecule has 0 saturated carbocycles. The third-order valence-electron chi connectivity index (χ3n) is 5.70. The third kappa shape index (κ3) is 3.67. The van der Waals surface area contributed by atoms with E-state index in [1.165, 1.54) is 0 Å². The van der Waals surface area contributed by atoms with E-state index >= 15 is 4.39 Å². The number of nitrogens with two attached hydrogens (primary N) is 1. The van der Waals surface area contributed by atoms with Crippen molar-refractivity contribution in [3.8, 4) is 16.9 Å². The van der Waals surface area contributed by atoms with Crippen LogP contribution in [0, 0.1) is 12.7 Å². The van der Waals surface area contributed by atoms with E-state index in [0.29, 0.717) is 35.9 Å². The van der Waals surface area contributed by atoms with E-state index in [1.54, 1.807) is 18.3 Å². The molecule has 1 fully saturated rings. The molecule has 3 aromatic heterocycles. The van der Waals surface area contributed by atoms with Crippen LogP contribution in [0.5, 0.6) is 0 Å². The number of morpholine rings is 1. The first-order chi connectivity index (χ1) is 15.4. The second kappa shape index (κ2) is 7.87. The molecular weight excluding hydrogens is 407 g/mol. The van der Waals surface area contributed by atoms with Crippen molar-refractivity contribution in [2.45, 2.75) is 33.0 Å². The van der Waals surface area contributed by atoms with Crippen LogP contribution in [0.4, 0.5) is 15.9 Å². The van der Waals surface area contributed by atoms with E-state index in [2.05, 4.69) is 9.97 Å². The molecule has 8 heteroatoms. The maximum atomic E-state index is 15.2. The minimum absolute atomic E-state index is 0.0579. The predicted molar refractivity (Wildman–Crippen MR) is 123 cm³/mol. The summed E-state index contributed by atoms with van der Waals surface area (Å²) < 4.78 is 22.9. The maximum absolute atomic E-state index is 15.2. The minimum atomic E-state index is -0.275. The Morgan fingerprint density at radius 3 is 2.53 bits per heavy atom. The molecule has 2 N–H and O–H groups in total. The maximum Gasteiger partial charge on any atom is 0.165 e. The fourth-order valence-electron chi connectivity index (χ4n) is 4.41. The second-order valence-electron chi connectivity index (χ2n) is 8.30. The topological polar surface area (TPSA) is 82.1 Å². The number of aromatic nitrogens is 4. The van der Waals surface area contributed by atoms with E-state index in [4.69, 9.17) is 15.5 Å². The number of imidazole rings is 1. The highest BCUT2D eigenvalue weighted by Crippen LogP contribution is 2.29. The van der Waals surface area contributed by atoms with E-state index in [1.807, 2.05) is 60.6 Å². The molecule has 5 rings (SSSR count). The van der Waals surface area contributed by atoms with Crippen molar-refractivity contribution >= 4 is 22.7 Å². The number of hydrogen-bond acceptors (Lipinski definition) is 6. The van der Waals surface area contributed by atoms with Gasteiger partial charge in [-0.05, 0) is 57.2 Å². The van der Waals surface area contributed by atoms with Gasteiger partial charge in [-0.1, -0.05) is 0 Å². The van der Waals surface area contributed by atoms with Crippen LogP contribution in [0.15, 0.2) is 48.7 Å². The van der Waals surface area contributed by atoms with Crippen molar-refractivity contribution in [3.05, 3.63) is 60.3 Å². The van der Waals surface area contributed by atoms with E-state index < -0.39 is 0 Å². The van der Waals surface area contributed by atoms with Crippen LogP contribution in [0.1, 0.15) is 19.7 Å². The fourth-order valence-corrected chi connectivity index (χ4v) is 4.41. The van der Waals surface area contributed by atoms with Gasteiger partial charge in [-0.15, -0.1) is 0 Å². The molecule has 164 valence electrons. The number of anilines is 2. The summed E-state index contributed by atoms with van der Waals surface area (Å²) >= 11 is 0. The van der Waals surface area contributed by atoms with Gasteiger partial charge < -0.3 is 15.4 Å². The molecule has 1 aliphatic heterocycles. The number of halogens is 1. The number of benzene rings is 1. The first-order valence-electron chi connectivity index (χ1n) is 10.7. The lowest BCUT2D eigenvalue weighted by atomic mass is 10.1. The lowest BCUT2D eigenvalue weighted by Crippen LogP contribution is -2.45. The Labute approximate surface area is 185 Å². The zero-order valence-corrected chi connectivity index (χ0v) is 18.3. The molecule has 0 amide bonds. The molecule has 32 heavy (non-hydrogen) atoms. The summed E-state index contributed by atoms with van der Waals surface area (Å²) in [6.45, 7) is 7.23. The third-order valence-corrected chi connectivity index (χ3v) is 5.70. The monoisotopic (exact) mass is 432 g/mol. The van der Waals surface area contributed by atoms with Gasteiger partial charge >= 0.3 is 0 Å². The lowest BCUT2D eigenvalue weighted by Gasteiger charge is -2.37. The highest BCUT2D eigenvalue weighted by atomic mass is 19.1. The van der Waals surface area contributed by atoms with E-state index in [0.717, 1.165) is 22.6 Å². The highest BCUT2D eigenvalue weighted by Gasteiger charge is 2.24. The SMILES string of the molecule is Cc1nc2ccc(-c3ccnc(N)c3)nc2n1-c1ccc(N2C[C@H](C)O[C@@H](C)C2)c(F)c1. The summed E-state index contributed by atoms with van der Waals surface area (Å²) in [6, 6.07) is 12.7. The average molecular weight is 433 g/mol. The molecule has 1 aliphatic rings. The normalized spacial score (nSPS) is 18.9. The number of pyridine rings is 2. The van der Waals surface area contributed by atoms with Crippen LogP contribution in [0.25, 0.3) is 28.1 Å². The number of nitrogens with zero attached hydrogens (tertiary/aromatic N) is 5. The van der Waals surface area contributed by atoms with Gasteiger partial charge in [-0.3, -0.25) is 4.57 Å². The number of aryl methyl sites for hydroxylation is 1. The molecule has 2 atom stereocenters. The molecule has 4 aromatic rings. The molecule has 4 heterocycles. The van der Waals surface area contributed by atoms with Gasteiger partial charge in [0.25, 0.3) is 0 Å². The zero-order valence-electron chi connectivity index (χ0n) is 18.3. The molecule has 7 nitrogen and oxygen atoms in total. The van der Waals surface area contributed by atoms with Gasteiger partial charge in [0, 0.05) is 30.9 Å². The average Bonchev–Trinajstić information content (AvgIpc) is 3.07. The van der Waals surface area contributed by atoms with Crippen molar-refractivity contribution < 1.29 is 9.13 Å². The molecular formula is C24H25FN6O.